The van der Waals surface area contributed by atoms with Crippen molar-refractivity contribution in [1.29, 1.82) is 0 Å². The predicted octanol–water partition coefficient (Wildman–Crippen LogP) is 2.30. The summed E-state index contributed by atoms with van der Waals surface area (Å²) in [7, 11) is -0.543. The highest BCUT2D eigenvalue weighted by Gasteiger charge is 2.52. The van der Waals surface area contributed by atoms with Gasteiger partial charge in [0.25, 0.3) is 0 Å². The van der Waals surface area contributed by atoms with E-state index in [0.717, 1.165) is 0 Å². The molecular weight excluding hydrogens is 451 g/mol. The van der Waals surface area contributed by atoms with Gasteiger partial charge in [-0.05, 0) is 54.4 Å². The summed E-state index contributed by atoms with van der Waals surface area (Å²) in [6, 6.07) is -0.448. The van der Waals surface area contributed by atoms with E-state index in [1.807, 2.05) is 41.5 Å². The Hall–Kier alpha value is -2.40. The predicted molar refractivity (Wildman–Crippen MR) is 131 cm³/mol. The van der Waals surface area contributed by atoms with Gasteiger partial charge < -0.3 is 29.0 Å². The number of ether oxygens (including phenoxy) is 2. The molecule has 11 heteroatoms. The molecule has 0 aliphatic carbocycles. The van der Waals surface area contributed by atoms with Crippen LogP contribution in [0, 0.1) is 5.92 Å². The van der Waals surface area contributed by atoms with E-state index >= 15 is 0 Å². The maximum atomic E-state index is 13.1. The largest absolute Gasteiger partial charge is 0.498 e. The number of likely N-dealkylation sites (tertiary alicyclic amines) is 1. The van der Waals surface area contributed by atoms with Gasteiger partial charge in [0, 0.05) is 30.8 Å². The second kappa shape index (κ2) is 9.93. The molecule has 0 spiro atoms. The van der Waals surface area contributed by atoms with Crippen molar-refractivity contribution in [2.75, 3.05) is 13.1 Å². The molecule has 1 aromatic heterocycles. The van der Waals surface area contributed by atoms with Gasteiger partial charge in [0.15, 0.2) is 0 Å². The Bertz CT molecular complexity index is 900. The fourth-order valence-corrected chi connectivity index (χ4v) is 3.81. The monoisotopic (exact) mass is 490 g/mol. The minimum absolute atomic E-state index is 0.0964. The molecule has 0 saturated carbocycles. The zero-order chi connectivity index (χ0) is 26.2. The fourth-order valence-electron chi connectivity index (χ4n) is 3.81. The smallest absolute Gasteiger partial charge is 0.458 e. The van der Waals surface area contributed by atoms with Gasteiger partial charge in [0.1, 0.15) is 17.7 Å². The van der Waals surface area contributed by atoms with Crippen LogP contribution in [0.15, 0.2) is 12.4 Å². The van der Waals surface area contributed by atoms with Crippen molar-refractivity contribution in [3.05, 3.63) is 12.4 Å². The summed E-state index contributed by atoms with van der Waals surface area (Å²) in [4.78, 5) is 35.7. The standard InChI is InChI=1S/C24H39BN4O6/c1-15(2)18(28-21(31)33-22(3,4)5)19(30)29-11-10-17(14-29)32-20-26-12-16(13-27-20)25-34-23(6,7)24(8,9)35-25/h12-13,15,17-18H,10-11,14H2,1-9H3,(H,28,31)/t17-,18+/m1/s1. The molecule has 2 atom stereocenters. The van der Waals surface area contributed by atoms with Gasteiger partial charge >= 0.3 is 19.2 Å². The lowest BCUT2D eigenvalue weighted by atomic mass is 9.81. The van der Waals surface area contributed by atoms with Gasteiger partial charge in [-0.15, -0.1) is 0 Å². The Morgan fingerprint density at radius 3 is 2.23 bits per heavy atom. The Morgan fingerprint density at radius 1 is 1.14 bits per heavy atom. The third-order valence-corrected chi connectivity index (χ3v) is 6.51. The van der Waals surface area contributed by atoms with Crippen LogP contribution in [0.3, 0.4) is 0 Å². The summed E-state index contributed by atoms with van der Waals surface area (Å²) in [5.74, 6) is -0.255. The van der Waals surface area contributed by atoms with Crippen LogP contribution in [0.4, 0.5) is 4.79 Å². The highest BCUT2D eigenvalue weighted by Crippen LogP contribution is 2.36. The molecule has 1 N–H and O–H groups in total. The molecule has 1 aromatic rings. The molecule has 2 fully saturated rings. The Balaban J connectivity index is 1.55. The number of amides is 2. The molecule has 0 unspecified atom stereocenters. The lowest BCUT2D eigenvalue weighted by molar-refractivity contribution is -0.133. The average Bonchev–Trinajstić information content (AvgIpc) is 3.26. The van der Waals surface area contributed by atoms with E-state index < -0.39 is 36.1 Å². The molecule has 2 aliphatic heterocycles. The Morgan fingerprint density at radius 2 is 1.71 bits per heavy atom. The number of hydrogen-bond acceptors (Lipinski definition) is 8. The number of nitrogens with zero attached hydrogens (tertiary/aromatic N) is 3. The van der Waals surface area contributed by atoms with Gasteiger partial charge in [0.05, 0.1) is 17.7 Å². The molecule has 194 valence electrons. The van der Waals surface area contributed by atoms with Gasteiger partial charge in [-0.25, -0.2) is 14.8 Å². The van der Waals surface area contributed by atoms with Gasteiger partial charge in [-0.3, -0.25) is 4.79 Å². The topological polar surface area (TPSA) is 112 Å². The molecule has 0 radical (unpaired) electrons. The first-order valence-electron chi connectivity index (χ1n) is 12.2. The molecule has 3 heterocycles. The molecule has 0 bridgehead atoms. The normalized spacial score (nSPS) is 22.3. The van der Waals surface area contributed by atoms with E-state index in [1.54, 1.807) is 38.1 Å². The zero-order valence-corrected chi connectivity index (χ0v) is 22.4. The lowest BCUT2D eigenvalue weighted by Crippen LogP contribution is -2.51. The van der Waals surface area contributed by atoms with E-state index in [-0.39, 0.29) is 23.9 Å². The highest BCUT2D eigenvalue weighted by atomic mass is 16.7. The van der Waals surface area contributed by atoms with Crippen LogP contribution in [-0.2, 0) is 18.8 Å². The van der Waals surface area contributed by atoms with Crippen molar-refractivity contribution in [2.24, 2.45) is 5.92 Å². The maximum Gasteiger partial charge on any atom is 0.498 e. The van der Waals surface area contributed by atoms with Crippen molar-refractivity contribution in [1.82, 2.24) is 20.2 Å². The first kappa shape index (κ1) is 27.2. The van der Waals surface area contributed by atoms with E-state index in [9.17, 15) is 9.59 Å². The second-order valence-corrected chi connectivity index (χ2v) is 11.6. The molecule has 2 aliphatic rings. The number of alkyl carbamates (subject to hydrolysis) is 1. The third-order valence-electron chi connectivity index (χ3n) is 6.51. The summed E-state index contributed by atoms with van der Waals surface area (Å²) in [6.45, 7) is 18.0. The van der Waals surface area contributed by atoms with Gasteiger partial charge in [-0.1, -0.05) is 13.8 Å². The zero-order valence-electron chi connectivity index (χ0n) is 22.4. The Kier molecular flexibility index (Phi) is 7.71. The van der Waals surface area contributed by atoms with Crippen LogP contribution in [0.1, 0.15) is 68.7 Å². The van der Waals surface area contributed by atoms with E-state index in [1.165, 1.54) is 0 Å². The lowest BCUT2D eigenvalue weighted by Gasteiger charge is -2.32. The Labute approximate surface area is 208 Å². The number of hydrogen-bond donors (Lipinski definition) is 1. The molecule has 2 saturated heterocycles. The van der Waals surface area contributed by atoms with E-state index in [2.05, 4.69) is 15.3 Å². The van der Waals surface area contributed by atoms with Crippen molar-refractivity contribution in [3.63, 3.8) is 0 Å². The summed E-state index contributed by atoms with van der Waals surface area (Å²) in [5.41, 5.74) is -0.816. The number of nitrogens with one attached hydrogen (secondary N) is 1. The summed E-state index contributed by atoms with van der Waals surface area (Å²) >= 11 is 0. The molecular formula is C24H39BN4O6. The maximum absolute atomic E-state index is 13.1. The molecule has 10 nitrogen and oxygen atoms in total. The van der Waals surface area contributed by atoms with Crippen molar-refractivity contribution >= 4 is 24.6 Å². The van der Waals surface area contributed by atoms with E-state index in [4.69, 9.17) is 18.8 Å². The second-order valence-electron chi connectivity index (χ2n) is 11.6. The summed E-state index contributed by atoms with van der Waals surface area (Å²) in [6.07, 6.45) is 3.08. The van der Waals surface area contributed by atoms with E-state index in [0.29, 0.717) is 25.0 Å². The summed E-state index contributed by atoms with van der Waals surface area (Å²) < 4.78 is 23.3. The average molecular weight is 490 g/mol. The van der Waals surface area contributed by atoms with Crippen molar-refractivity contribution in [2.45, 2.75) is 97.7 Å². The number of aromatic nitrogens is 2. The van der Waals surface area contributed by atoms with Crippen LogP contribution in [-0.4, -0.2) is 76.0 Å². The quantitative estimate of drug-likeness (QED) is 0.605. The van der Waals surface area contributed by atoms with Gasteiger partial charge in [-0.2, -0.15) is 0 Å². The van der Waals surface area contributed by atoms with Crippen LogP contribution < -0.4 is 15.5 Å². The number of carbonyl (C=O) groups excluding carboxylic acids is 2. The van der Waals surface area contributed by atoms with Gasteiger partial charge in [0.2, 0.25) is 5.91 Å². The first-order chi connectivity index (χ1) is 16.1. The molecule has 3 rings (SSSR count). The number of rotatable bonds is 6. The van der Waals surface area contributed by atoms with Crippen LogP contribution in [0.25, 0.3) is 0 Å². The van der Waals surface area contributed by atoms with Crippen molar-refractivity contribution < 1.29 is 28.4 Å². The molecule has 2 amide bonds. The number of carbonyl (C=O) groups is 2. The SMILES string of the molecule is CC(C)[C@H](NC(=O)OC(C)(C)C)C(=O)N1CC[C@@H](Oc2ncc(B3OC(C)(C)C(C)(C)O3)cn2)C1. The minimum Gasteiger partial charge on any atom is -0.458 e. The van der Waals surface area contributed by atoms with Crippen molar-refractivity contribution in [3.8, 4) is 6.01 Å². The molecule has 35 heavy (non-hydrogen) atoms. The minimum atomic E-state index is -0.681. The van der Waals surface area contributed by atoms with Crippen LogP contribution in [0.2, 0.25) is 0 Å². The van der Waals surface area contributed by atoms with Crippen LogP contribution >= 0.6 is 0 Å². The first-order valence-corrected chi connectivity index (χ1v) is 12.2. The van der Waals surface area contributed by atoms with Crippen LogP contribution in [0.5, 0.6) is 6.01 Å². The summed E-state index contributed by atoms with van der Waals surface area (Å²) in [5, 5.41) is 2.72. The highest BCUT2D eigenvalue weighted by molar-refractivity contribution is 6.61. The molecule has 0 aromatic carbocycles. The third kappa shape index (κ3) is 6.64. The fraction of sp³-hybridized carbons (Fsp3) is 0.750.